The molecule has 2 aromatic rings. The van der Waals surface area contributed by atoms with E-state index in [-0.39, 0.29) is 12.6 Å². The topological polar surface area (TPSA) is 72.9 Å². The van der Waals surface area contributed by atoms with Gasteiger partial charge in [-0.15, -0.1) is 0 Å². The summed E-state index contributed by atoms with van der Waals surface area (Å²) in [5.74, 6) is -1.21. The van der Waals surface area contributed by atoms with Crippen molar-refractivity contribution in [1.82, 2.24) is 15.1 Å². The molecule has 1 aliphatic heterocycles. The number of carbonyl (C=O) groups excluding carboxylic acids is 2. The summed E-state index contributed by atoms with van der Waals surface area (Å²) in [6.45, 7) is 5.47. The second-order valence-electron chi connectivity index (χ2n) is 8.05. The Kier molecular flexibility index (Phi) is 6.67. The monoisotopic (exact) mass is 395 g/mol. The van der Waals surface area contributed by atoms with Crippen molar-refractivity contribution in [1.29, 1.82) is 0 Å². The van der Waals surface area contributed by atoms with Gasteiger partial charge >= 0.3 is 11.8 Å². The molecule has 0 saturated carbocycles. The molecule has 0 aliphatic carbocycles. The first-order valence-corrected chi connectivity index (χ1v) is 9.97. The lowest BCUT2D eigenvalue weighted by atomic mass is 9.96. The van der Waals surface area contributed by atoms with Crippen LogP contribution in [0.4, 0.5) is 0 Å². The molecule has 3 rings (SSSR count). The number of nitrogens with zero attached hydrogens (tertiary/aromatic N) is 2. The van der Waals surface area contributed by atoms with E-state index in [1.807, 2.05) is 36.4 Å². The van der Waals surface area contributed by atoms with Crippen LogP contribution in [-0.2, 0) is 9.59 Å². The van der Waals surface area contributed by atoms with Gasteiger partial charge in [0.1, 0.15) is 0 Å². The summed E-state index contributed by atoms with van der Waals surface area (Å²) < 4.78 is 0. The van der Waals surface area contributed by atoms with Crippen molar-refractivity contribution in [3.05, 3.63) is 71.8 Å². The van der Waals surface area contributed by atoms with Gasteiger partial charge in [0, 0.05) is 26.2 Å². The summed E-state index contributed by atoms with van der Waals surface area (Å²) >= 11 is 0. The number of carbonyl (C=O) groups is 2. The van der Waals surface area contributed by atoms with Gasteiger partial charge in [0.25, 0.3) is 0 Å². The quantitative estimate of drug-likeness (QED) is 0.758. The first-order valence-electron chi connectivity index (χ1n) is 9.97. The van der Waals surface area contributed by atoms with Crippen LogP contribution in [-0.4, -0.2) is 65.0 Å². The van der Waals surface area contributed by atoms with Gasteiger partial charge in [0.15, 0.2) is 0 Å². The van der Waals surface area contributed by atoms with Crippen molar-refractivity contribution in [3.8, 4) is 0 Å². The molecule has 0 spiro atoms. The average molecular weight is 396 g/mol. The number of piperazine rings is 1. The third-order valence-electron chi connectivity index (χ3n) is 5.24. The standard InChI is InChI=1S/C23H29N3O3/c1-23(2,17-27)24-21(28)22(29)26-15-13-25(14-16-26)20(18-9-5-3-6-10-18)19-11-7-4-8-12-19/h3-12,20,27H,13-17H2,1-2H3,(H,24,28). The summed E-state index contributed by atoms with van der Waals surface area (Å²) in [7, 11) is 0. The fourth-order valence-electron chi connectivity index (χ4n) is 3.61. The first kappa shape index (κ1) is 21.0. The first-order chi connectivity index (χ1) is 13.9. The van der Waals surface area contributed by atoms with Crippen LogP contribution in [0.1, 0.15) is 31.0 Å². The van der Waals surface area contributed by atoms with Crippen molar-refractivity contribution in [2.75, 3.05) is 32.8 Å². The third-order valence-corrected chi connectivity index (χ3v) is 5.24. The van der Waals surface area contributed by atoms with Gasteiger partial charge in [0.05, 0.1) is 18.2 Å². The highest BCUT2D eigenvalue weighted by atomic mass is 16.3. The molecular weight excluding hydrogens is 366 g/mol. The SMILES string of the molecule is CC(C)(CO)NC(=O)C(=O)N1CCN(C(c2ccccc2)c2ccccc2)CC1. The lowest BCUT2D eigenvalue weighted by Crippen LogP contribution is -2.56. The molecule has 1 heterocycles. The lowest BCUT2D eigenvalue weighted by molar-refractivity contribution is -0.148. The molecule has 1 aliphatic rings. The van der Waals surface area contributed by atoms with E-state index in [1.165, 1.54) is 11.1 Å². The van der Waals surface area contributed by atoms with Crippen LogP contribution in [0.15, 0.2) is 60.7 Å². The predicted octanol–water partition coefficient (Wildman–Crippen LogP) is 1.81. The van der Waals surface area contributed by atoms with Crippen LogP contribution in [0.3, 0.4) is 0 Å². The highest BCUT2D eigenvalue weighted by Gasteiger charge is 2.32. The molecule has 0 radical (unpaired) electrons. The van der Waals surface area contributed by atoms with E-state index in [9.17, 15) is 14.7 Å². The summed E-state index contributed by atoms with van der Waals surface area (Å²) in [4.78, 5) is 28.7. The van der Waals surface area contributed by atoms with E-state index < -0.39 is 17.4 Å². The Morgan fingerprint density at radius 2 is 1.41 bits per heavy atom. The minimum absolute atomic E-state index is 0.108. The van der Waals surface area contributed by atoms with Crippen LogP contribution in [0.2, 0.25) is 0 Å². The average Bonchev–Trinajstić information content (AvgIpc) is 2.75. The molecule has 6 nitrogen and oxygen atoms in total. The Balaban J connectivity index is 1.69. The van der Waals surface area contributed by atoms with Gasteiger partial charge < -0.3 is 15.3 Å². The molecule has 1 saturated heterocycles. The molecule has 2 aromatic carbocycles. The number of aliphatic hydroxyl groups is 1. The Labute approximate surface area is 172 Å². The molecule has 29 heavy (non-hydrogen) atoms. The fourth-order valence-corrected chi connectivity index (χ4v) is 3.61. The van der Waals surface area contributed by atoms with Gasteiger partial charge in [-0.1, -0.05) is 60.7 Å². The second kappa shape index (κ2) is 9.20. The van der Waals surface area contributed by atoms with E-state index in [1.54, 1.807) is 18.7 Å². The van der Waals surface area contributed by atoms with Crippen LogP contribution in [0, 0.1) is 0 Å². The van der Waals surface area contributed by atoms with Gasteiger partial charge in [0.2, 0.25) is 0 Å². The van der Waals surface area contributed by atoms with Crippen LogP contribution in [0.25, 0.3) is 0 Å². The molecule has 2 N–H and O–H groups in total. The molecule has 0 atom stereocenters. The zero-order valence-electron chi connectivity index (χ0n) is 17.0. The number of aliphatic hydroxyl groups excluding tert-OH is 1. The molecule has 2 amide bonds. The molecule has 0 unspecified atom stereocenters. The molecule has 1 fully saturated rings. The van der Waals surface area contributed by atoms with Crippen LogP contribution >= 0.6 is 0 Å². The number of hydrogen-bond donors (Lipinski definition) is 2. The summed E-state index contributed by atoms with van der Waals surface area (Å²) in [5.41, 5.74) is 1.60. The zero-order chi connectivity index (χ0) is 20.9. The Morgan fingerprint density at radius 3 is 1.86 bits per heavy atom. The van der Waals surface area contributed by atoms with Crippen LogP contribution in [0.5, 0.6) is 0 Å². The normalized spacial score (nSPS) is 15.4. The van der Waals surface area contributed by atoms with E-state index in [0.29, 0.717) is 26.2 Å². The van der Waals surface area contributed by atoms with Gasteiger partial charge in [-0.05, 0) is 25.0 Å². The smallest absolute Gasteiger partial charge is 0.311 e. The van der Waals surface area contributed by atoms with Gasteiger partial charge in [-0.25, -0.2) is 0 Å². The number of nitrogens with one attached hydrogen (secondary N) is 1. The Bertz CT molecular complexity index is 776. The minimum Gasteiger partial charge on any atom is -0.394 e. The van der Waals surface area contributed by atoms with E-state index >= 15 is 0 Å². The maximum Gasteiger partial charge on any atom is 0.311 e. The van der Waals surface area contributed by atoms with Crippen molar-refractivity contribution < 1.29 is 14.7 Å². The van der Waals surface area contributed by atoms with Gasteiger partial charge in [-0.2, -0.15) is 0 Å². The van der Waals surface area contributed by atoms with E-state index in [0.717, 1.165) is 0 Å². The van der Waals surface area contributed by atoms with E-state index in [4.69, 9.17) is 0 Å². The summed E-state index contributed by atoms with van der Waals surface area (Å²) in [5, 5.41) is 11.9. The number of amides is 2. The number of rotatable bonds is 5. The summed E-state index contributed by atoms with van der Waals surface area (Å²) in [6, 6.07) is 20.8. The predicted molar refractivity (Wildman–Crippen MR) is 112 cm³/mol. The number of hydrogen-bond acceptors (Lipinski definition) is 4. The Morgan fingerprint density at radius 1 is 0.931 bits per heavy atom. The van der Waals surface area contributed by atoms with Crippen molar-refractivity contribution in [2.45, 2.75) is 25.4 Å². The third kappa shape index (κ3) is 5.22. The molecule has 154 valence electrons. The molecule has 0 bridgehead atoms. The van der Waals surface area contributed by atoms with E-state index in [2.05, 4.69) is 34.5 Å². The van der Waals surface area contributed by atoms with Crippen molar-refractivity contribution >= 4 is 11.8 Å². The van der Waals surface area contributed by atoms with Crippen molar-refractivity contribution in [3.63, 3.8) is 0 Å². The highest BCUT2D eigenvalue weighted by Crippen LogP contribution is 2.29. The molecule has 0 aromatic heterocycles. The maximum absolute atomic E-state index is 12.5. The summed E-state index contributed by atoms with van der Waals surface area (Å²) in [6.07, 6.45) is 0. The van der Waals surface area contributed by atoms with Crippen molar-refractivity contribution in [2.24, 2.45) is 0 Å². The fraction of sp³-hybridized carbons (Fsp3) is 0.391. The zero-order valence-corrected chi connectivity index (χ0v) is 17.0. The Hall–Kier alpha value is -2.70. The largest absolute Gasteiger partial charge is 0.394 e. The maximum atomic E-state index is 12.5. The lowest BCUT2D eigenvalue weighted by Gasteiger charge is -2.39. The highest BCUT2D eigenvalue weighted by molar-refractivity contribution is 6.35. The second-order valence-corrected chi connectivity index (χ2v) is 8.05. The van der Waals surface area contributed by atoms with Crippen LogP contribution < -0.4 is 5.32 Å². The molecular formula is C23H29N3O3. The van der Waals surface area contributed by atoms with Gasteiger partial charge in [-0.3, -0.25) is 14.5 Å². The minimum atomic E-state index is -0.819. The number of benzene rings is 2. The molecule has 6 heteroatoms.